The number of ether oxygens (including phenoxy) is 1. The Morgan fingerprint density at radius 1 is 1.27 bits per heavy atom. The van der Waals surface area contributed by atoms with E-state index in [1.165, 1.54) is 25.3 Å². The van der Waals surface area contributed by atoms with Crippen molar-refractivity contribution >= 4 is 58.0 Å². The molecule has 0 saturated carbocycles. The number of amides is 3. The zero-order valence-electron chi connectivity index (χ0n) is 17.3. The molecule has 0 aliphatic carbocycles. The van der Waals surface area contributed by atoms with Crippen LogP contribution >= 0.6 is 23.5 Å². The molecular formula is C21H19N3O7S2. The van der Waals surface area contributed by atoms with Gasteiger partial charge >= 0.3 is 0 Å². The molecular weight excluding hydrogens is 470 g/mol. The van der Waals surface area contributed by atoms with Crippen LogP contribution in [0.25, 0.3) is 6.08 Å². The summed E-state index contributed by atoms with van der Waals surface area (Å²) in [4.78, 5) is 49.4. The molecule has 3 rings (SSSR count). The number of imide groups is 1. The number of nitro benzene ring substituents is 1. The maximum Gasteiger partial charge on any atom is 0.294 e. The van der Waals surface area contributed by atoms with Gasteiger partial charge in [-0.05, 0) is 53.7 Å². The molecule has 3 amide bonds. The van der Waals surface area contributed by atoms with Gasteiger partial charge in [0, 0.05) is 17.5 Å². The van der Waals surface area contributed by atoms with E-state index < -0.39 is 28.5 Å². The van der Waals surface area contributed by atoms with Crippen molar-refractivity contribution < 1.29 is 29.2 Å². The SMILES string of the molecule is COc1ccc(NC(=O)CN2C(=O)SC(=Cc3ccc(SCCO)c([N+](=O)[O-])c3)C2=O)cc1. The number of anilines is 1. The van der Waals surface area contributed by atoms with Crippen LogP contribution in [0.3, 0.4) is 0 Å². The number of hydrogen-bond acceptors (Lipinski definition) is 9. The summed E-state index contributed by atoms with van der Waals surface area (Å²) >= 11 is 1.80. The van der Waals surface area contributed by atoms with E-state index in [-0.39, 0.29) is 17.2 Å². The van der Waals surface area contributed by atoms with Gasteiger partial charge in [-0.3, -0.25) is 29.4 Å². The fourth-order valence-electron chi connectivity index (χ4n) is 2.85. The second-order valence-corrected chi connectivity index (χ2v) is 8.73. The molecule has 10 nitrogen and oxygen atoms in total. The third-order valence-corrected chi connectivity index (χ3v) is 6.33. The summed E-state index contributed by atoms with van der Waals surface area (Å²) in [5, 5.41) is 22.3. The Kier molecular flexibility index (Phi) is 8.09. The number of rotatable bonds is 9. The number of thioether (sulfide) groups is 2. The highest BCUT2D eigenvalue weighted by molar-refractivity contribution is 8.18. The summed E-state index contributed by atoms with van der Waals surface area (Å²) in [5.74, 6) is -0.289. The Bertz CT molecular complexity index is 1120. The minimum Gasteiger partial charge on any atom is -0.497 e. The molecule has 2 N–H and O–H groups in total. The summed E-state index contributed by atoms with van der Waals surface area (Å²) in [7, 11) is 1.52. The number of aliphatic hydroxyl groups is 1. The van der Waals surface area contributed by atoms with Crippen LogP contribution in [0.1, 0.15) is 5.56 Å². The van der Waals surface area contributed by atoms with Crippen LogP contribution < -0.4 is 10.1 Å². The summed E-state index contributed by atoms with van der Waals surface area (Å²) in [5.41, 5.74) is 0.679. The van der Waals surface area contributed by atoms with Gasteiger partial charge in [-0.2, -0.15) is 0 Å². The molecule has 2 aromatic carbocycles. The lowest BCUT2D eigenvalue weighted by Crippen LogP contribution is -2.36. The fourth-order valence-corrected chi connectivity index (χ4v) is 4.45. The summed E-state index contributed by atoms with van der Waals surface area (Å²) in [6.07, 6.45) is 1.37. The van der Waals surface area contributed by atoms with Gasteiger partial charge in [0.2, 0.25) is 5.91 Å². The number of nitro groups is 1. The number of carbonyl (C=O) groups excluding carboxylic acids is 3. The molecule has 12 heteroatoms. The molecule has 0 radical (unpaired) electrons. The molecule has 0 atom stereocenters. The van der Waals surface area contributed by atoms with E-state index in [1.807, 2.05) is 0 Å². The number of nitrogens with one attached hydrogen (secondary N) is 1. The Labute approximate surface area is 197 Å². The normalized spacial score (nSPS) is 14.6. The molecule has 2 aromatic rings. The molecule has 0 aromatic heterocycles. The van der Waals surface area contributed by atoms with Crippen molar-refractivity contribution in [3.8, 4) is 5.75 Å². The Morgan fingerprint density at radius 3 is 2.64 bits per heavy atom. The number of methoxy groups -OCH3 is 1. The Morgan fingerprint density at radius 2 is 2.00 bits per heavy atom. The van der Waals surface area contributed by atoms with Crippen LogP contribution in [0, 0.1) is 10.1 Å². The Balaban J connectivity index is 1.71. The molecule has 0 unspecified atom stereocenters. The van der Waals surface area contributed by atoms with E-state index in [2.05, 4.69) is 5.32 Å². The molecule has 1 heterocycles. The van der Waals surface area contributed by atoms with Gasteiger partial charge in [0.05, 0.1) is 28.4 Å². The monoisotopic (exact) mass is 489 g/mol. The van der Waals surface area contributed by atoms with Gasteiger partial charge in [-0.25, -0.2) is 0 Å². The largest absolute Gasteiger partial charge is 0.497 e. The highest BCUT2D eigenvalue weighted by atomic mass is 32.2. The van der Waals surface area contributed by atoms with Crippen molar-refractivity contribution in [2.45, 2.75) is 4.90 Å². The quantitative estimate of drug-likeness (QED) is 0.235. The summed E-state index contributed by atoms with van der Waals surface area (Å²) in [6.45, 7) is -0.590. The van der Waals surface area contributed by atoms with Crippen molar-refractivity contribution in [2.24, 2.45) is 0 Å². The predicted octanol–water partition coefficient (Wildman–Crippen LogP) is 3.36. The summed E-state index contributed by atoms with van der Waals surface area (Å²) < 4.78 is 5.05. The third kappa shape index (κ3) is 6.12. The van der Waals surface area contributed by atoms with Crippen LogP contribution in [0.4, 0.5) is 16.2 Å². The summed E-state index contributed by atoms with van der Waals surface area (Å²) in [6, 6.07) is 11.0. The smallest absolute Gasteiger partial charge is 0.294 e. The van der Waals surface area contributed by atoms with Crippen LogP contribution in [0.5, 0.6) is 5.75 Å². The first kappa shape index (κ1) is 24.3. The first-order valence-corrected chi connectivity index (χ1v) is 11.3. The highest BCUT2D eigenvalue weighted by Crippen LogP contribution is 2.35. The highest BCUT2D eigenvalue weighted by Gasteiger charge is 2.36. The number of benzene rings is 2. The lowest BCUT2D eigenvalue weighted by atomic mass is 10.2. The Hall–Kier alpha value is -3.35. The number of carbonyl (C=O) groups is 3. The molecule has 1 aliphatic heterocycles. The second-order valence-electron chi connectivity index (χ2n) is 6.60. The van der Waals surface area contributed by atoms with Gasteiger partial charge in [0.25, 0.3) is 16.8 Å². The standard InChI is InChI=1S/C21H19N3O7S2/c1-31-15-5-3-14(4-6-15)22-19(26)12-23-20(27)18(33-21(23)28)11-13-2-7-17(32-9-8-25)16(10-13)24(29)30/h2-7,10-11,25H,8-9,12H2,1H3,(H,22,26). The van der Waals surface area contributed by atoms with Crippen molar-refractivity contribution in [3.05, 3.63) is 63.0 Å². The number of aliphatic hydroxyl groups excluding tert-OH is 1. The van der Waals surface area contributed by atoms with Gasteiger partial charge < -0.3 is 15.2 Å². The number of nitrogens with zero attached hydrogens (tertiary/aromatic N) is 2. The molecule has 172 valence electrons. The van der Waals surface area contributed by atoms with Crippen LogP contribution in [0.2, 0.25) is 0 Å². The van der Waals surface area contributed by atoms with Gasteiger partial charge in [-0.15, -0.1) is 11.8 Å². The van der Waals surface area contributed by atoms with Crippen molar-refractivity contribution in [1.29, 1.82) is 0 Å². The van der Waals surface area contributed by atoms with Crippen molar-refractivity contribution in [1.82, 2.24) is 4.90 Å². The first-order chi connectivity index (χ1) is 15.8. The zero-order valence-corrected chi connectivity index (χ0v) is 19.0. The third-order valence-electron chi connectivity index (χ3n) is 4.38. The van der Waals surface area contributed by atoms with Gasteiger partial charge in [-0.1, -0.05) is 6.07 Å². The predicted molar refractivity (Wildman–Crippen MR) is 125 cm³/mol. The van der Waals surface area contributed by atoms with E-state index in [0.717, 1.165) is 16.7 Å². The average Bonchev–Trinajstić information content (AvgIpc) is 3.05. The minimum atomic E-state index is -0.656. The van der Waals surface area contributed by atoms with Crippen molar-refractivity contribution in [3.63, 3.8) is 0 Å². The zero-order chi connectivity index (χ0) is 24.0. The first-order valence-electron chi connectivity index (χ1n) is 9.53. The molecule has 0 bridgehead atoms. The van der Waals surface area contributed by atoms with Gasteiger partial charge in [0.1, 0.15) is 12.3 Å². The molecule has 33 heavy (non-hydrogen) atoms. The lowest BCUT2D eigenvalue weighted by molar-refractivity contribution is -0.387. The lowest BCUT2D eigenvalue weighted by Gasteiger charge is -2.12. The number of hydrogen-bond donors (Lipinski definition) is 2. The molecule has 1 fully saturated rings. The maximum absolute atomic E-state index is 12.7. The average molecular weight is 490 g/mol. The molecule has 1 saturated heterocycles. The van der Waals surface area contributed by atoms with Gasteiger partial charge in [0.15, 0.2) is 0 Å². The van der Waals surface area contributed by atoms with E-state index in [1.54, 1.807) is 30.3 Å². The van der Waals surface area contributed by atoms with E-state index >= 15 is 0 Å². The van der Waals surface area contributed by atoms with Crippen LogP contribution in [-0.4, -0.2) is 58.0 Å². The van der Waals surface area contributed by atoms with Crippen LogP contribution in [-0.2, 0) is 9.59 Å². The topological polar surface area (TPSA) is 139 Å². The minimum absolute atomic E-state index is 0.0577. The molecule has 1 aliphatic rings. The fraction of sp³-hybridized carbons (Fsp3) is 0.190. The maximum atomic E-state index is 12.7. The van der Waals surface area contributed by atoms with Crippen LogP contribution in [0.15, 0.2) is 52.3 Å². The van der Waals surface area contributed by atoms with E-state index in [4.69, 9.17) is 9.84 Å². The van der Waals surface area contributed by atoms with E-state index in [9.17, 15) is 24.5 Å². The second kappa shape index (κ2) is 11.0. The van der Waals surface area contributed by atoms with Crippen molar-refractivity contribution in [2.75, 3.05) is 31.3 Å². The van der Waals surface area contributed by atoms with E-state index in [0.29, 0.717) is 39.4 Å². The molecule has 0 spiro atoms.